The van der Waals surface area contributed by atoms with E-state index in [0.717, 1.165) is 31.5 Å². The van der Waals surface area contributed by atoms with Gasteiger partial charge < -0.3 is 10.2 Å². The fourth-order valence-electron chi connectivity index (χ4n) is 2.05. The molecule has 1 saturated carbocycles. The first-order valence-electron chi connectivity index (χ1n) is 6.69. The van der Waals surface area contributed by atoms with Gasteiger partial charge in [-0.15, -0.1) is 0 Å². The highest BCUT2D eigenvalue weighted by Crippen LogP contribution is 2.24. The van der Waals surface area contributed by atoms with Gasteiger partial charge in [0.25, 0.3) is 5.91 Å². The molecule has 4 nitrogen and oxygen atoms in total. The van der Waals surface area contributed by atoms with Crippen molar-refractivity contribution in [3.8, 4) is 0 Å². The highest BCUT2D eigenvalue weighted by atomic mass is 16.2. The molecule has 1 fully saturated rings. The molecule has 0 atom stereocenters. The number of anilines is 1. The van der Waals surface area contributed by atoms with Crippen LogP contribution in [0.3, 0.4) is 0 Å². The number of carbonyl (C=O) groups excluding carboxylic acids is 1. The summed E-state index contributed by atoms with van der Waals surface area (Å²) in [5.74, 6) is 0.0276. The van der Waals surface area contributed by atoms with Crippen LogP contribution >= 0.6 is 0 Å². The van der Waals surface area contributed by atoms with E-state index in [1.807, 2.05) is 24.1 Å². The number of aromatic nitrogens is 1. The number of hydrogen-bond donors (Lipinski definition) is 1. The number of pyridine rings is 1. The number of hydrogen-bond acceptors (Lipinski definition) is 3. The third kappa shape index (κ3) is 2.81. The highest BCUT2D eigenvalue weighted by molar-refractivity contribution is 5.93. The second-order valence-electron chi connectivity index (χ2n) is 4.86. The molecule has 0 unspecified atom stereocenters. The maximum atomic E-state index is 12.2. The first-order valence-corrected chi connectivity index (χ1v) is 6.69. The van der Waals surface area contributed by atoms with Crippen LogP contribution in [0.15, 0.2) is 18.3 Å². The molecule has 0 aromatic carbocycles. The molecule has 1 aromatic rings. The normalized spacial score (nSPS) is 15.0. The molecule has 1 aliphatic carbocycles. The van der Waals surface area contributed by atoms with Crippen molar-refractivity contribution in [1.29, 1.82) is 0 Å². The zero-order valence-corrected chi connectivity index (χ0v) is 11.1. The van der Waals surface area contributed by atoms with Crippen LogP contribution in [-0.2, 0) is 0 Å². The summed E-state index contributed by atoms with van der Waals surface area (Å²) in [5, 5.41) is 3.27. The Kier molecular flexibility index (Phi) is 4.18. The van der Waals surface area contributed by atoms with Gasteiger partial charge in [-0.05, 0) is 37.8 Å². The van der Waals surface area contributed by atoms with Gasteiger partial charge in [0.05, 0.1) is 0 Å². The molecule has 0 radical (unpaired) electrons. The predicted octanol–water partition coefficient (Wildman–Crippen LogP) is 2.53. The Balaban J connectivity index is 2.04. The van der Waals surface area contributed by atoms with Gasteiger partial charge in [0.2, 0.25) is 0 Å². The Morgan fingerprint density at radius 3 is 2.94 bits per heavy atom. The number of nitrogens with zero attached hydrogens (tertiary/aromatic N) is 2. The van der Waals surface area contributed by atoms with Gasteiger partial charge in [-0.3, -0.25) is 9.78 Å². The van der Waals surface area contributed by atoms with E-state index in [4.69, 9.17) is 0 Å². The fourth-order valence-corrected chi connectivity index (χ4v) is 2.05. The molecular weight excluding hydrogens is 226 g/mol. The lowest BCUT2D eigenvalue weighted by molar-refractivity contribution is 0.0646. The molecule has 0 saturated heterocycles. The summed E-state index contributed by atoms with van der Waals surface area (Å²) < 4.78 is 0. The summed E-state index contributed by atoms with van der Waals surface area (Å²) in [6, 6.07) is 4.15. The quantitative estimate of drug-likeness (QED) is 0.869. The van der Waals surface area contributed by atoms with Crippen molar-refractivity contribution in [1.82, 2.24) is 9.88 Å². The van der Waals surface area contributed by atoms with Gasteiger partial charge in [-0.1, -0.05) is 6.92 Å². The van der Waals surface area contributed by atoms with Crippen LogP contribution in [0.25, 0.3) is 0 Å². The van der Waals surface area contributed by atoms with Crippen LogP contribution in [-0.4, -0.2) is 35.4 Å². The van der Waals surface area contributed by atoms with Crippen molar-refractivity contribution in [3.63, 3.8) is 0 Å². The maximum absolute atomic E-state index is 12.2. The Labute approximate surface area is 108 Å². The van der Waals surface area contributed by atoms with Crippen LogP contribution in [0.2, 0.25) is 0 Å². The van der Waals surface area contributed by atoms with Gasteiger partial charge in [0.15, 0.2) is 0 Å². The number of rotatable bonds is 5. The monoisotopic (exact) mass is 247 g/mol. The van der Waals surface area contributed by atoms with Gasteiger partial charge in [0, 0.05) is 31.5 Å². The second-order valence-corrected chi connectivity index (χ2v) is 4.86. The largest absolute Gasteiger partial charge is 0.385 e. The molecule has 1 aromatic heterocycles. The number of amides is 1. The zero-order valence-electron chi connectivity index (χ0n) is 11.1. The van der Waals surface area contributed by atoms with E-state index in [2.05, 4.69) is 17.2 Å². The van der Waals surface area contributed by atoms with Crippen molar-refractivity contribution < 1.29 is 4.79 Å². The lowest BCUT2D eigenvalue weighted by Gasteiger charge is -2.34. The standard InChI is InChI=1S/C14H21N3O/c1-3-8-15-11-7-9-16-13(10-11)14(18)17(2)12-5-4-6-12/h7,9-10,12H,3-6,8H2,1-2H3,(H,15,16). The lowest BCUT2D eigenvalue weighted by atomic mass is 9.91. The van der Waals surface area contributed by atoms with E-state index in [9.17, 15) is 4.79 Å². The Morgan fingerprint density at radius 1 is 1.56 bits per heavy atom. The minimum absolute atomic E-state index is 0.0276. The summed E-state index contributed by atoms with van der Waals surface area (Å²) in [6.45, 7) is 3.03. The molecule has 2 rings (SSSR count). The van der Waals surface area contributed by atoms with E-state index < -0.39 is 0 Å². The molecular formula is C14H21N3O. The third-order valence-corrected chi connectivity index (χ3v) is 3.50. The second kappa shape index (κ2) is 5.85. The van der Waals surface area contributed by atoms with Crippen molar-refractivity contribution in [2.24, 2.45) is 0 Å². The molecule has 1 N–H and O–H groups in total. The summed E-state index contributed by atoms with van der Waals surface area (Å²) in [7, 11) is 1.87. The maximum Gasteiger partial charge on any atom is 0.272 e. The zero-order chi connectivity index (χ0) is 13.0. The first-order chi connectivity index (χ1) is 8.72. The van der Waals surface area contributed by atoms with E-state index >= 15 is 0 Å². The Morgan fingerprint density at radius 2 is 2.33 bits per heavy atom. The average molecular weight is 247 g/mol. The van der Waals surface area contributed by atoms with E-state index in [0.29, 0.717) is 11.7 Å². The van der Waals surface area contributed by atoms with Gasteiger partial charge in [-0.25, -0.2) is 0 Å². The molecule has 1 amide bonds. The summed E-state index contributed by atoms with van der Waals surface area (Å²) >= 11 is 0. The number of carbonyl (C=O) groups is 1. The molecule has 1 aliphatic rings. The molecule has 4 heteroatoms. The van der Waals surface area contributed by atoms with E-state index in [-0.39, 0.29) is 5.91 Å². The SMILES string of the molecule is CCCNc1ccnc(C(=O)N(C)C2CCC2)c1. The first kappa shape index (κ1) is 12.9. The molecule has 1 heterocycles. The average Bonchev–Trinajstić information content (AvgIpc) is 2.33. The van der Waals surface area contributed by atoms with E-state index in [1.54, 1.807) is 6.20 Å². The topological polar surface area (TPSA) is 45.2 Å². The predicted molar refractivity (Wildman–Crippen MR) is 72.8 cm³/mol. The van der Waals surface area contributed by atoms with Gasteiger partial charge in [-0.2, -0.15) is 0 Å². The van der Waals surface area contributed by atoms with Crippen LogP contribution in [0, 0.1) is 0 Å². The molecule has 98 valence electrons. The van der Waals surface area contributed by atoms with Crippen LogP contribution in [0.4, 0.5) is 5.69 Å². The minimum atomic E-state index is 0.0276. The van der Waals surface area contributed by atoms with Crippen molar-refractivity contribution >= 4 is 11.6 Å². The van der Waals surface area contributed by atoms with Crippen molar-refractivity contribution in [2.45, 2.75) is 38.6 Å². The van der Waals surface area contributed by atoms with Gasteiger partial charge >= 0.3 is 0 Å². The Hall–Kier alpha value is -1.58. The van der Waals surface area contributed by atoms with Crippen molar-refractivity contribution in [2.75, 3.05) is 18.9 Å². The minimum Gasteiger partial charge on any atom is -0.385 e. The van der Waals surface area contributed by atoms with Crippen LogP contribution in [0.1, 0.15) is 43.1 Å². The smallest absolute Gasteiger partial charge is 0.272 e. The summed E-state index contributed by atoms with van der Waals surface area (Å²) in [5.41, 5.74) is 1.50. The summed E-state index contributed by atoms with van der Waals surface area (Å²) in [4.78, 5) is 18.2. The lowest BCUT2D eigenvalue weighted by Crippen LogP contribution is -2.41. The van der Waals surface area contributed by atoms with Crippen LogP contribution < -0.4 is 5.32 Å². The molecule has 0 bridgehead atoms. The Bertz CT molecular complexity index is 415. The third-order valence-electron chi connectivity index (χ3n) is 3.50. The highest BCUT2D eigenvalue weighted by Gasteiger charge is 2.26. The van der Waals surface area contributed by atoms with Crippen LogP contribution in [0.5, 0.6) is 0 Å². The molecule has 0 aliphatic heterocycles. The fraction of sp³-hybridized carbons (Fsp3) is 0.571. The summed E-state index contributed by atoms with van der Waals surface area (Å²) in [6.07, 6.45) is 6.23. The molecule has 0 spiro atoms. The van der Waals surface area contributed by atoms with Crippen molar-refractivity contribution in [3.05, 3.63) is 24.0 Å². The van der Waals surface area contributed by atoms with E-state index in [1.165, 1.54) is 6.42 Å². The van der Waals surface area contributed by atoms with Gasteiger partial charge in [0.1, 0.15) is 5.69 Å². The number of nitrogens with one attached hydrogen (secondary N) is 1. The molecule has 18 heavy (non-hydrogen) atoms.